The number of carboxylic acid groups (broad SMARTS) is 1. The zero-order valence-corrected chi connectivity index (χ0v) is 22.9. The van der Waals surface area contributed by atoms with E-state index in [0.717, 1.165) is 32.1 Å². The highest BCUT2D eigenvalue weighted by molar-refractivity contribution is 5.77. The second-order valence-corrected chi connectivity index (χ2v) is 15.1. The van der Waals surface area contributed by atoms with Gasteiger partial charge in [-0.1, -0.05) is 46.3 Å². The lowest BCUT2D eigenvalue weighted by Gasteiger charge is -2.71. The molecule has 1 saturated heterocycles. The molecule has 6 aliphatic rings. The number of aliphatic hydroxyl groups is 3. The smallest absolute Gasteiger partial charge is 0.310 e. The van der Waals surface area contributed by atoms with Crippen molar-refractivity contribution in [1.29, 1.82) is 0 Å². The van der Waals surface area contributed by atoms with E-state index in [1.54, 1.807) is 0 Å². The normalized spacial score (nSPS) is 59.1. The first-order valence-corrected chi connectivity index (χ1v) is 14.2. The molecule has 4 saturated carbocycles. The Kier molecular flexibility index (Phi) is 4.90. The van der Waals surface area contributed by atoms with Gasteiger partial charge in [0, 0.05) is 17.8 Å². The van der Waals surface area contributed by atoms with Crippen molar-refractivity contribution in [3.8, 4) is 0 Å². The second-order valence-electron chi connectivity index (χ2n) is 15.1. The number of aliphatic carboxylic acids is 1. The van der Waals surface area contributed by atoms with E-state index in [1.807, 2.05) is 6.92 Å². The van der Waals surface area contributed by atoms with E-state index < -0.39 is 34.3 Å². The van der Waals surface area contributed by atoms with Crippen LogP contribution in [0, 0.1) is 50.7 Å². The average Bonchev–Trinajstić information content (AvgIpc) is 3.11. The van der Waals surface area contributed by atoms with Gasteiger partial charge in [0.2, 0.25) is 0 Å². The molecule has 5 fully saturated rings. The topological polar surface area (TPSA) is 107 Å². The molecule has 1 aliphatic heterocycles. The summed E-state index contributed by atoms with van der Waals surface area (Å²) in [5.74, 6) is -2.09. The zero-order chi connectivity index (χ0) is 26.3. The van der Waals surface area contributed by atoms with Crippen molar-refractivity contribution in [2.75, 3.05) is 6.61 Å². The number of carboxylic acids is 1. The molecule has 5 aliphatic carbocycles. The number of aliphatic hydroxyl groups excluding tert-OH is 1. The Labute approximate surface area is 215 Å². The molecule has 1 heterocycles. The Morgan fingerprint density at radius 3 is 2.36 bits per heavy atom. The van der Waals surface area contributed by atoms with Gasteiger partial charge in [0.15, 0.2) is 5.79 Å². The van der Waals surface area contributed by atoms with Gasteiger partial charge >= 0.3 is 5.97 Å². The molecule has 0 unspecified atom stereocenters. The molecule has 6 heteroatoms. The van der Waals surface area contributed by atoms with Crippen LogP contribution >= 0.6 is 0 Å². The molecule has 6 rings (SSSR count). The van der Waals surface area contributed by atoms with Gasteiger partial charge in [-0.15, -0.1) is 0 Å². The van der Waals surface area contributed by atoms with E-state index in [-0.39, 0.29) is 39.9 Å². The van der Waals surface area contributed by atoms with Crippen LogP contribution in [0.3, 0.4) is 0 Å². The Morgan fingerprint density at radius 2 is 1.69 bits per heavy atom. The molecule has 0 aromatic carbocycles. The summed E-state index contributed by atoms with van der Waals surface area (Å²) in [6.45, 7) is 13.3. The van der Waals surface area contributed by atoms with E-state index >= 15 is 0 Å². The maximum atomic E-state index is 12.9. The van der Waals surface area contributed by atoms with Crippen LogP contribution < -0.4 is 0 Å². The monoisotopic (exact) mass is 502 g/mol. The maximum Gasteiger partial charge on any atom is 0.310 e. The zero-order valence-electron chi connectivity index (χ0n) is 22.9. The van der Waals surface area contributed by atoms with Crippen LogP contribution in [0.25, 0.3) is 0 Å². The fraction of sp³-hybridized carbons (Fsp3) is 0.900. The van der Waals surface area contributed by atoms with Crippen molar-refractivity contribution in [3.63, 3.8) is 0 Å². The molecule has 2 bridgehead atoms. The van der Waals surface area contributed by atoms with Gasteiger partial charge < -0.3 is 25.2 Å². The van der Waals surface area contributed by atoms with Crippen LogP contribution in [0.2, 0.25) is 0 Å². The average molecular weight is 503 g/mol. The van der Waals surface area contributed by atoms with E-state index in [4.69, 9.17) is 4.74 Å². The van der Waals surface area contributed by atoms with Crippen LogP contribution in [0.4, 0.5) is 0 Å². The Balaban J connectivity index is 1.50. The number of hydrogen-bond donors (Lipinski definition) is 4. The van der Waals surface area contributed by atoms with Gasteiger partial charge in [0.25, 0.3) is 0 Å². The SMILES string of the molecule is C[C@@H]1CC[C@]2(C(=O)O)CC[C@]3(C)C(=CC[C@@H]4[C@@]56CO[C@@](O)(C5)[C@H](O)C(C)(C)[C@@H]6CC[C@]43C)[C@@H]2[C@]1(C)O. The van der Waals surface area contributed by atoms with Gasteiger partial charge in [0.1, 0.15) is 6.10 Å². The van der Waals surface area contributed by atoms with Crippen LogP contribution in [-0.4, -0.2) is 50.5 Å². The Bertz CT molecular complexity index is 1030. The van der Waals surface area contributed by atoms with Crippen LogP contribution in [0.15, 0.2) is 11.6 Å². The lowest BCUT2D eigenvalue weighted by molar-refractivity contribution is -0.283. The summed E-state index contributed by atoms with van der Waals surface area (Å²) in [4.78, 5) is 12.9. The van der Waals surface area contributed by atoms with Gasteiger partial charge in [-0.25, -0.2) is 0 Å². The Hall–Kier alpha value is -0.950. The third-order valence-corrected chi connectivity index (χ3v) is 13.8. The minimum absolute atomic E-state index is 0.0388. The van der Waals surface area contributed by atoms with E-state index in [9.17, 15) is 25.2 Å². The predicted molar refractivity (Wildman–Crippen MR) is 135 cm³/mol. The third-order valence-electron chi connectivity index (χ3n) is 13.8. The van der Waals surface area contributed by atoms with Gasteiger partial charge in [-0.05, 0) is 85.9 Å². The van der Waals surface area contributed by atoms with Crippen molar-refractivity contribution in [3.05, 3.63) is 11.6 Å². The summed E-state index contributed by atoms with van der Waals surface area (Å²) in [5.41, 5.74) is -1.83. The third kappa shape index (κ3) is 2.56. The van der Waals surface area contributed by atoms with E-state index in [0.29, 0.717) is 25.9 Å². The molecule has 4 N–H and O–H groups in total. The molecule has 0 aromatic rings. The van der Waals surface area contributed by atoms with E-state index in [2.05, 4.69) is 40.7 Å². The van der Waals surface area contributed by atoms with Crippen molar-refractivity contribution < 1.29 is 30.0 Å². The number of fused-ring (bicyclic) bond motifs is 6. The van der Waals surface area contributed by atoms with Crippen molar-refractivity contribution in [1.82, 2.24) is 0 Å². The quantitative estimate of drug-likeness (QED) is 0.393. The summed E-state index contributed by atoms with van der Waals surface area (Å²) in [7, 11) is 0. The number of hydrogen-bond acceptors (Lipinski definition) is 5. The molecule has 6 nitrogen and oxygen atoms in total. The van der Waals surface area contributed by atoms with Crippen LogP contribution in [-0.2, 0) is 9.53 Å². The summed E-state index contributed by atoms with van der Waals surface area (Å²) in [6.07, 6.45) is 7.38. The lowest BCUT2D eigenvalue weighted by Crippen LogP contribution is -2.69. The molecule has 0 amide bonds. The molecule has 1 spiro atoms. The fourth-order valence-corrected chi connectivity index (χ4v) is 11.4. The standard InChI is InChI=1S/C30H46O6/c1-17-9-12-28(23(32)33)14-13-25(4)18(21(28)27(17,6)34)7-8-20-26(25,5)11-10-19-24(2,3)22(31)30(35)15-29(19,20)16-36-30/h7,17,19-22,31,34-35H,8-16H2,1-6H3,(H,32,33)/t17-,19+,20+,21-,22-,25-,26-,27-,28+,29-,30+/m1/s1. The first kappa shape index (κ1) is 25.3. The summed E-state index contributed by atoms with van der Waals surface area (Å²) < 4.78 is 6.08. The summed E-state index contributed by atoms with van der Waals surface area (Å²) in [6, 6.07) is 0. The van der Waals surface area contributed by atoms with Gasteiger partial charge in [-0.2, -0.15) is 0 Å². The van der Waals surface area contributed by atoms with Crippen LogP contribution in [0.5, 0.6) is 0 Å². The number of ether oxygens (including phenoxy) is 1. The number of carbonyl (C=O) groups is 1. The lowest BCUT2D eigenvalue weighted by atomic mass is 9.33. The van der Waals surface area contributed by atoms with E-state index in [1.165, 1.54) is 5.57 Å². The molecular weight excluding hydrogens is 456 g/mol. The summed E-state index contributed by atoms with van der Waals surface area (Å²) >= 11 is 0. The highest BCUT2D eigenvalue weighted by Crippen LogP contribution is 2.77. The fourth-order valence-electron chi connectivity index (χ4n) is 11.4. The summed E-state index contributed by atoms with van der Waals surface area (Å²) in [5, 5.41) is 45.0. The minimum atomic E-state index is -1.50. The highest BCUT2D eigenvalue weighted by Gasteiger charge is 2.76. The molecule has 0 aromatic heterocycles. The van der Waals surface area contributed by atoms with Gasteiger partial charge in [0.05, 0.1) is 17.6 Å². The predicted octanol–water partition coefficient (Wildman–Crippen LogP) is 4.51. The number of rotatable bonds is 1. The molecule has 11 atom stereocenters. The highest BCUT2D eigenvalue weighted by atomic mass is 16.6. The molecule has 0 radical (unpaired) electrons. The van der Waals surface area contributed by atoms with Gasteiger partial charge in [-0.3, -0.25) is 4.79 Å². The molecular formula is C30H46O6. The molecule has 202 valence electrons. The second kappa shape index (κ2) is 6.97. The van der Waals surface area contributed by atoms with Crippen LogP contribution in [0.1, 0.15) is 92.9 Å². The minimum Gasteiger partial charge on any atom is -0.481 e. The maximum absolute atomic E-state index is 12.9. The van der Waals surface area contributed by atoms with Crippen molar-refractivity contribution in [2.45, 2.75) is 110 Å². The molecule has 36 heavy (non-hydrogen) atoms. The number of allylic oxidation sites excluding steroid dienone is 1. The first-order chi connectivity index (χ1) is 16.5. The first-order valence-electron chi connectivity index (χ1n) is 14.2. The van der Waals surface area contributed by atoms with Crippen molar-refractivity contribution >= 4 is 5.97 Å². The largest absolute Gasteiger partial charge is 0.481 e. The van der Waals surface area contributed by atoms with Crippen molar-refractivity contribution in [2.24, 2.45) is 50.7 Å². The Morgan fingerprint density at radius 1 is 1.00 bits per heavy atom.